The minimum atomic E-state index is 0.798. The minimum absolute atomic E-state index is 0.798. The van der Waals surface area contributed by atoms with Gasteiger partial charge < -0.3 is 9.30 Å². The Balaban J connectivity index is 1.96. The van der Waals surface area contributed by atoms with Crippen LogP contribution in [0.25, 0.3) is 5.65 Å². The molecule has 3 aromatic heterocycles. The standard InChI is InChI=1S/C12H10Br2N4S/c1-17(5-9-4-8(13)7-19-9)12-11-15-2-3-18(11)6-10(14)16-12/h2-4,6-7H,5H2,1H3. The number of nitrogens with zero attached hydrogens (tertiary/aromatic N) is 4. The normalized spacial score (nSPS) is 11.1. The molecule has 0 N–H and O–H groups in total. The van der Waals surface area contributed by atoms with E-state index in [-0.39, 0.29) is 0 Å². The van der Waals surface area contributed by atoms with E-state index in [1.54, 1.807) is 17.5 Å². The lowest BCUT2D eigenvalue weighted by Gasteiger charge is -2.18. The van der Waals surface area contributed by atoms with E-state index >= 15 is 0 Å². The molecule has 0 spiro atoms. The summed E-state index contributed by atoms with van der Waals surface area (Å²) in [6.07, 6.45) is 5.60. The number of thiophene rings is 1. The third kappa shape index (κ3) is 2.68. The second kappa shape index (κ2) is 5.22. The van der Waals surface area contributed by atoms with E-state index in [1.807, 2.05) is 23.8 Å². The van der Waals surface area contributed by atoms with Crippen LogP contribution in [0.5, 0.6) is 0 Å². The van der Waals surface area contributed by atoms with Gasteiger partial charge in [0.15, 0.2) is 11.5 Å². The lowest BCUT2D eigenvalue weighted by molar-refractivity contribution is 0.900. The van der Waals surface area contributed by atoms with Gasteiger partial charge in [-0.3, -0.25) is 0 Å². The summed E-state index contributed by atoms with van der Waals surface area (Å²) in [6, 6.07) is 2.13. The smallest absolute Gasteiger partial charge is 0.180 e. The van der Waals surface area contributed by atoms with Gasteiger partial charge in [0.2, 0.25) is 0 Å². The first-order valence-corrected chi connectivity index (χ1v) is 8.03. The second-order valence-corrected chi connectivity index (χ2v) is 6.86. The van der Waals surface area contributed by atoms with Crippen LogP contribution in [0.4, 0.5) is 5.82 Å². The summed E-state index contributed by atoms with van der Waals surface area (Å²) in [5.41, 5.74) is 0.862. The molecule has 0 aliphatic rings. The fraction of sp³-hybridized carbons (Fsp3) is 0.167. The van der Waals surface area contributed by atoms with Crippen molar-refractivity contribution in [2.24, 2.45) is 0 Å². The van der Waals surface area contributed by atoms with E-state index in [1.165, 1.54) is 4.88 Å². The number of anilines is 1. The first-order chi connectivity index (χ1) is 9.13. The number of fused-ring (bicyclic) bond motifs is 1. The largest absolute Gasteiger partial charge is 0.351 e. The first-order valence-electron chi connectivity index (χ1n) is 5.57. The van der Waals surface area contributed by atoms with Crippen molar-refractivity contribution in [3.05, 3.63) is 44.0 Å². The number of hydrogen-bond donors (Lipinski definition) is 0. The first kappa shape index (κ1) is 13.1. The van der Waals surface area contributed by atoms with Crippen molar-refractivity contribution in [1.29, 1.82) is 0 Å². The lowest BCUT2D eigenvalue weighted by atomic mass is 10.4. The van der Waals surface area contributed by atoms with Crippen LogP contribution in [0.3, 0.4) is 0 Å². The fourth-order valence-electron chi connectivity index (χ4n) is 1.89. The fourth-order valence-corrected chi connectivity index (χ4v) is 3.78. The molecule has 3 rings (SSSR count). The molecule has 0 saturated carbocycles. The van der Waals surface area contributed by atoms with Gasteiger partial charge in [0.25, 0.3) is 0 Å². The lowest BCUT2D eigenvalue weighted by Crippen LogP contribution is -2.18. The van der Waals surface area contributed by atoms with Crippen LogP contribution in [0.1, 0.15) is 4.88 Å². The van der Waals surface area contributed by atoms with Crippen molar-refractivity contribution in [1.82, 2.24) is 14.4 Å². The molecule has 0 bridgehead atoms. The number of rotatable bonds is 3. The summed E-state index contributed by atoms with van der Waals surface area (Å²) in [5, 5.41) is 2.09. The Hall–Kier alpha value is -0.920. The van der Waals surface area contributed by atoms with E-state index in [0.717, 1.165) is 27.1 Å². The van der Waals surface area contributed by atoms with E-state index in [0.29, 0.717) is 0 Å². The number of aromatic nitrogens is 3. The van der Waals surface area contributed by atoms with Gasteiger partial charge in [0, 0.05) is 40.4 Å². The molecule has 0 radical (unpaired) electrons. The molecule has 7 heteroatoms. The molecular formula is C12H10Br2N4S. The van der Waals surface area contributed by atoms with Crippen LogP contribution >= 0.6 is 43.2 Å². The molecule has 98 valence electrons. The number of hydrogen-bond acceptors (Lipinski definition) is 4. The maximum atomic E-state index is 4.53. The van der Waals surface area contributed by atoms with Crippen LogP contribution < -0.4 is 4.90 Å². The van der Waals surface area contributed by atoms with E-state index in [2.05, 4.69) is 58.2 Å². The summed E-state index contributed by atoms with van der Waals surface area (Å²) in [6.45, 7) is 0.808. The monoisotopic (exact) mass is 400 g/mol. The van der Waals surface area contributed by atoms with Crippen molar-refractivity contribution in [2.75, 3.05) is 11.9 Å². The van der Waals surface area contributed by atoms with Crippen LogP contribution in [0.2, 0.25) is 0 Å². The summed E-state index contributed by atoms with van der Waals surface area (Å²) >= 11 is 8.64. The molecule has 0 aromatic carbocycles. The Morgan fingerprint density at radius 3 is 3.00 bits per heavy atom. The molecule has 0 atom stereocenters. The van der Waals surface area contributed by atoms with Gasteiger partial charge in [-0.05, 0) is 37.9 Å². The topological polar surface area (TPSA) is 33.4 Å². The van der Waals surface area contributed by atoms with Crippen molar-refractivity contribution in [3.63, 3.8) is 0 Å². The Bertz CT molecular complexity index is 721. The SMILES string of the molecule is CN(Cc1cc(Br)cs1)c1nc(Br)cn2ccnc12. The van der Waals surface area contributed by atoms with Crippen molar-refractivity contribution >= 4 is 54.7 Å². The summed E-state index contributed by atoms with van der Waals surface area (Å²) in [7, 11) is 2.02. The number of halogens is 2. The molecule has 3 aromatic rings. The van der Waals surface area contributed by atoms with Crippen LogP contribution in [0.15, 0.2) is 39.1 Å². The average molecular weight is 402 g/mol. The molecule has 3 heterocycles. The highest BCUT2D eigenvalue weighted by Gasteiger charge is 2.12. The zero-order valence-corrected chi connectivity index (χ0v) is 14.0. The molecule has 0 amide bonds. The molecule has 4 nitrogen and oxygen atoms in total. The summed E-state index contributed by atoms with van der Waals surface area (Å²) < 4.78 is 3.88. The zero-order chi connectivity index (χ0) is 13.4. The molecule has 0 fully saturated rings. The van der Waals surface area contributed by atoms with Crippen molar-refractivity contribution < 1.29 is 0 Å². The Morgan fingerprint density at radius 1 is 1.42 bits per heavy atom. The predicted molar refractivity (Wildman–Crippen MR) is 84.8 cm³/mol. The predicted octanol–water partition coefficient (Wildman–Crippen LogP) is 3.95. The third-order valence-corrected chi connectivity index (χ3v) is 4.77. The Kier molecular flexibility index (Phi) is 3.60. The molecule has 0 aliphatic carbocycles. The molecule has 19 heavy (non-hydrogen) atoms. The van der Waals surface area contributed by atoms with E-state index < -0.39 is 0 Å². The van der Waals surface area contributed by atoms with Gasteiger partial charge in [-0.2, -0.15) is 0 Å². The van der Waals surface area contributed by atoms with Gasteiger partial charge in [0.05, 0.1) is 6.54 Å². The maximum absolute atomic E-state index is 4.53. The molecule has 0 unspecified atom stereocenters. The zero-order valence-electron chi connectivity index (χ0n) is 10.0. The van der Waals surface area contributed by atoms with Gasteiger partial charge in [-0.15, -0.1) is 11.3 Å². The van der Waals surface area contributed by atoms with Crippen LogP contribution in [-0.2, 0) is 6.54 Å². The average Bonchev–Trinajstić information content (AvgIpc) is 2.96. The van der Waals surface area contributed by atoms with Crippen LogP contribution in [-0.4, -0.2) is 21.4 Å². The number of imidazole rings is 1. The van der Waals surface area contributed by atoms with Gasteiger partial charge in [-0.1, -0.05) is 0 Å². The van der Waals surface area contributed by atoms with Crippen molar-refractivity contribution in [2.45, 2.75) is 6.54 Å². The summed E-state index contributed by atoms with van der Waals surface area (Å²) in [5.74, 6) is 0.865. The van der Waals surface area contributed by atoms with Gasteiger partial charge >= 0.3 is 0 Å². The minimum Gasteiger partial charge on any atom is -0.351 e. The highest BCUT2D eigenvalue weighted by atomic mass is 79.9. The molecule has 0 saturated heterocycles. The second-order valence-electron chi connectivity index (χ2n) is 4.13. The third-order valence-electron chi connectivity index (χ3n) is 2.70. The van der Waals surface area contributed by atoms with Crippen molar-refractivity contribution in [3.8, 4) is 0 Å². The van der Waals surface area contributed by atoms with Gasteiger partial charge in [-0.25, -0.2) is 9.97 Å². The highest BCUT2D eigenvalue weighted by Crippen LogP contribution is 2.25. The Morgan fingerprint density at radius 2 is 2.26 bits per heavy atom. The highest BCUT2D eigenvalue weighted by molar-refractivity contribution is 9.10. The summed E-state index contributed by atoms with van der Waals surface area (Å²) in [4.78, 5) is 12.3. The van der Waals surface area contributed by atoms with E-state index in [9.17, 15) is 0 Å². The van der Waals surface area contributed by atoms with E-state index in [4.69, 9.17) is 0 Å². The molecule has 0 aliphatic heterocycles. The Labute approximate surface area is 131 Å². The quantitative estimate of drug-likeness (QED) is 0.666. The molecular weight excluding hydrogens is 392 g/mol. The van der Waals surface area contributed by atoms with Crippen LogP contribution in [0, 0.1) is 0 Å². The maximum Gasteiger partial charge on any atom is 0.180 e. The van der Waals surface area contributed by atoms with Gasteiger partial charge in [0.1, 0.15) is 4.60 Å².